The van der Waals surface area contributed by atoms with Gasteiger partial charge in [0, 0.05) is 0 Å². The van der Waals surface area contributed by atoms with Crippen molar-refractivity contribution < 1.29 is 0 Å². The molecule has 0 spiro atoms. The van der Waals surface area contributed by atoms with Crippen molar-refractivity contribution in [1.82, 2.24) is 0 Å². The molecule has 2 aliphatic carbocycles. The van der Waals surface area contributed by atoms with E-state index in [-0.39, 0.29) is 5.41 Å². The normalized spacial score (nSPS) is 16.5. The molecule has 2 aromatic rings. The fourth-order valence-corrected chi connectivity index (χ4v) is 5.21. The van der Waals surface area contributed by atoms with E-state index in [0.717, 1.165) is 6.42 Å². The van der Waals surface area contributed by atoms with Crippen molar-refractivity contribution in [3.05, 3.63) is 73.4 Å². The molecule has 0 aromatic heterocycles. The Bertz CT molecular complexity index is 964. The number of aryl methyl sites for hydroxylation is 1. The number of hydrogen-bond acceptors (Lipinski definition) is 0. The molecule has 2 aromatic carbocycles. The summed E-state index contributed by atoms with van der Waals surface area (Å²) in [5.74, 6) is 0. The third kappa shape index (κ3) is 3.09. The Morgan fingerprint density at radius 2 is 1.69 bits per heavy atom. The average molecular weight is 454 g/mol. The number of fused-ring (bicyclic) bond motifs is 2. The lowest BCUT2D eigenvalue weighted by atomic mass is 9.80. The average Bonchev–Trinajstić information content (AvgIpc) is 2.91. The highest BCUT2D eigenvalue weighted by molar-refractivity contribution is 14.1. The second-order valence-electron chi connectivity index (χ2n) is 8.88. The predicted molar refractivity (Wildman–Crippen MR) is 122 cm³/mol. The largest absolute Gasteiger partial charge is 0.0561 e. The maximum atomic E-state index is 2.49. The zero-order valence-corrected chi connectivity index (χ0v) is 18.6. The minimum absolute atomic E-state index is 0.170. The second-order valence-corrected chi connectivity index (χ2v) is 10.3. The van der Waals surface area contributed by atoms with Crippen LogP contribution in [0.25, 0.3) is 16.7 Å². The van der Waals surface area contributed by atoms with Gasteiger partial charge in [0.2, 0.25) is 0 Å². The summed E-state index contributed by atoms with van der Waals surface area (Å²) < 4.78 is 1.50. The molecule has 0 heterocycles. The lowest BCUT2D eigenvalue weighted by molar-refractivity contribution is 0.586. The van der Waals surface area contributed by atoms with E-state index in [4.69, 9.17) is 0 Å². The summed E-state index contributed by atoms with van der Waals surface area (Å²) in [6, 6.07) is 11.9. The van der Waals surface area contributed by atoms with E-state index in [2.05, 4.69) is 93.6 Å². The molecule has 2 aliphatic rings. The van der Waals surface area contributed by atoms with Crippen molar-refractivity contribution in [3.8, 4) is 11.1 Å². The van der Waals surface area contributed by atoms with Crippen molar-refractivity contribution >= 4 is 28.2 Å². The fraction of sp³-hybridized carbons (Fsp3) is 0.360. The van der Waals surface area contributed by atoms with Crippen molar-refractivity contribution in [2.45, 2.75) is 59.3 Å². The van der Waals surface area contributed by atoms with Gasteiger partial charge >= 0.3 is 0 Å². The molecule has 26 heavy (non-hydrogen) atoms. The topological polar surface area (TPSA) is 0 Å². The minimum atomic E-state index is 0.170. The fourth-order valence-electron chi connectivity index (χ4n) is 4.56. The molecule has 0 atom stereocenters. The number of benzene rings is 2. The van der Waals surface area contributed by atoms with Crippen molar-refractivity contribution in [2.75, 3.05) is 0 Å². The molecule has 1 heteroatoms. The van der Waals surface area contributed by atoms with Crippen LogP contribution in [0.2, 0.25) is 0 Å². The SMILES string of the molecule is Cc1cc(-c2ccc3c(c2)CC2=C3CCC(I)=C2)c(C)c(C(C)(C)C)c1. The van der Waals surface area contributed by atoms with E-state index in [1.807, 2.05) is 0 Å². The molecule has 0 saturated heterocycles. The Kier molecular flexibility index (Phi) is 4.42. The summed E-state index contributed by atoms with van der Waals surface area (Å²) >= 11 is 2.49. The molecule has 0 N–H and O–H groups in total. The molecular formula is C25H27I. The quantitative estimate of drug-likeness (QED) is 0.388. The zero-order valence-electron chi connectivity index (χ0n) is 16.5. The van der Waals surface area contributed by atoms with Crippen LogP contribution in [0.15, 0.2) is 45.6 Å². The maximum absolute atomic E-state index is 2.49. The van der Waals surface area contributed by atoms with Crippen LogP contribution in [-0.4, -0.2) is 0 Å². The Hall–Kier alpha value is -1.35. The molecule has 0 aliphatic heterocycles. The van der Waals surface area contributed by atoms with Crippen molar-refractivity contribution in [3.63, 3.8) is 0 Å². The monoisotopic (exact) mass is 454 g/mol. The molecule has 134 valence electrons. The van der Waals surface area contributed by atoms with Crippen LogP contribution in [0.1, 0.15) is 61.4 Å². The lowest BCUT2D eigenvalue weighted by Gasteiger charge is -2.24. The first-order chi connectivity index (χ1) is 12.2. The van der Waals surface area contributed by atoms with Crippen LogP contribution in [0.3, 0.4) is 0 Å². The van der Waals surface area contributed by atoms with Crippen molar-refractivity contribution in [1.29, 1.82) is 0 Å². The second kappa shape index (κ2) is 6.37. The van der Waals surface area contributed by atoms with Gasteiger partial charge in [-0.15, -0.1) is 0 Å². The Labute approximate surface area is 171 Å². The summed E-state index contributed by atoms with van der Waals surface area (Å²) in [4.78, 5) is 0. The molecule has 0 saturated carbocycles. The third-order valence-electron chi connectivity index (χ3n) is 5.81. The molecule has 4 rings (SSSR count). The van der Waals surface area contributed by atoms with Crippen molar-refractivity contribution in [2.24, 2.45) is 0 Å². The molecule has 0 fully saturated rings. The Morgan fingerprint density at radius 3 is 2.42 bits per heavy atom. The van der Waals surface area contributed by atoms with Gasteiger partial charge in [-0.1, -0.05) is 56.7 Å². The summed E-state index contributed by atoms with van der Waals surface area (Å²) in [5.41, 5.74) is 13.3. The number of rotatable bonds is 1. The number of allylic oxidation sites excluding steroid dienone is 4. The van der Waals surface area contributed by atoms with Crippen LogP contribution in [0.5, 0.6) is 0 Å². The van der Waals surface area contributed by atoms with E-state index in [1.54, 1.807) is 11.1 Å². The van der Waals surface area contributed by atoms with Gasteiger partial charge in [-0.2, -0.15) is 0 Å². The standard InChI is InChI=1S/C25H27I/c1-15-10-23(16(2)24(11-15)25(3,4)5)17-6-8-21-18(12-17)13-19-14-20(26)7-9-22(19)21/h6,8,10-12,14H,7,9,13H2,1-5H3. The zero-order chi connectivity index (χ0) is 18.6. The summed E-state index contributed by atoms with van der Waals surface area (Å²) in [5, 5.41) is 0. The Balaban J connectivity index is 1.80. The van der Waals surface area contributed by atoms with Gasteiger partial charge in [-0.3, -0.25) is 0 Å². The van der Waals surface area contributed by atoms with Crippen LogP contribution in [0.4, 0.5) is 0 Å². The van der Waals surface area contributed by atoms with E-state index in [1.165, 1.54) is 55.4 Å². The van der Waals surface area contributed by atoms with Gasteiger partial charge in [0.1, 0.15) is 0 Å². The highest BCUT2D eigenvalue weighted by atomic mass is 127. The van der Waals surface area contributed by atoms with Gasteiger partial charge < -0.3 is 0 Å². The first-order valence-electron chi connectivity index (χ1n) is 9.57. The van der Waals surface area contributed by atoms with Gasteiger partial charge in [-0.25, -0.2) is 0 Å². The van der Waals surface area contributed by atoms with Gasteiger partial charge in [0.15, 0.2) is 0 Å². The first kappa shape index (κ1) is 18.0. The summed E-state index contributed by atoms with van der Waals surface area (Å²) in [6.07, 6.45) is 5.91. The summed E-state index contributed by atoms with van der Waals surface area (Å²) in [6.45, 7) is 11.4. The molecule has 0 amide bonds. The van der Waals surface area contributed by atoms with Gasteiger partial charge in [0.05, 0.1) is 0 Å². The van der Waals surface area contributed by atoms with Crippen LogP contribution in [-0.2, 0) is 11.8 Å². The van der Waals surface area contributed by atoms with Crippen LogP contribution < -0.4 is 0 Å². The highest BCUT2D eigenvalue weighted by Gasteiger charge is 2.24. The highest BCUT2D eigenvalue weighted by Crippen LogP contribution is 2.43. The maximum Gasteiger partial charge on any atom is -0.00163 e. The first-order valence-corrected chi connectivity index (χ1v) is 10.7. The van der Waals surface area contributed by atoms with Gasteiger partial charge in [-0.05, 0) is 115 Å². The Morgan fingerprint density at radius 1 is 0.923 bits per heavy atom. The molecule has 0 unspecified atom stereocenters. The number of hydrogen-bond donors (Lipinski definition) is 0. The molecular weight excluding hydrogens is 427 g/mol. The van der Waals surface area contributed by atoms with Gasteiger partial charge in [0.25, 0.3) is 0 Å². The molecule has 0 bridgehead atoms. The lowest BCUT2D eigenvalue weighted by Crippen LogP contribution is -2.14. The van der Waals surface area contributed by atoms with Crippen LogP contribution >= 0.6 is 22.6 Å². The van der Waals surface area contributed by atoms with Crippen LogP contribution in [0, 0.1) is 13.8 Å². The smallest absolute Gasteiger partial charge is 0.00163 e. The minimum Gasteiger partial charge on any atom is -0.0561 e. The number of halogens is 1. The molecule has 0 nitrogen and oxygen atoms in total. The van der Waals surface area contributed by atoms with E-state index < -0.39 is 0 Å². The van der Waals surface area contributed by atoms with E-state index in [9.17, 15) is 0 Å². The predicted octanol–water partition coefficient (Wildman–Crippen LogP) is 7.69. The third-order valence-corrected chi connectivity index (χ3v) is 6.67. The van der Waals surface area contributed by atoms with E-state index >= 15 is 0 Å². The summed E-state index contributed by atoms with van der Waals surface area (Å²) in [7, 11) is 0. The molecule has 0 radical (unpaired) electrons. The van der Waals surface area contributed by atoms with E-state index in [0.29, 0.717) is 0 Å².